The molecule has 0 aromatic heterocycles. The molecular formula is C8H7BrClN. The Kier molecular flexibility index (Phi) is 2.68. The topological polar surface area (TPSA) is 12.4 Å². The maximum atomic E-state index is 4.15. The minimum atomic E-state index is 0. The standard InChI is InChI=1S/C8H6BrN.ClH/c9-8-2-1-6-4-10-5-7(6)3-8;/h1-4H,5H2;1H. The van der Waals surface area contributed by atoms with Crippen molar-refractivity contribution in [3.8, 4) is 0 Å². The van der Waals surface area contributed by atoms with Crippen LogP contribution in [-0.2, 0) is 6.54 Å². The first-order valence-corrected chi connectivity index (χ1v) is 3.94. The molecule has 0 N–H and O–H groups in total. The van der Waals surface area contributed by atoms with Crippen molar-refractivity contribution in [1.29, 1.82) is 0 Å². The van der Waals surface area contributed by atoms with E-state index in [1.54, 1.807) is 0 Å². The van der Waals surface area contributed by atoms with Gasteiger partial charge in [0.15, 0.2) is 0 Å². The summed E-state index contributed by atoms with van der Waals surface area (Å²) in [6, 6.07) is 6.23. The predicted molar refractivity (Wildman–Crippen MR) is 52.7 cm³/mol. The second-order valence-electron chi connectivity index (χ2n) is 2.31. The summed E-state index contributed by atoms with van der Waals surface area (Å²) in [5.74, 6) is 0. The minimum Gasteiger partial charge on any atom is -0.288 e. The molecule has 11 heavy (non-hydrogen) atoms. The van der Waals surface area contributed by atoms with Gasteiger partial charge in [0.1, 0.15) is 0 Å². The van der Waals surface area contributed by atoms with E-state index in [1.165, 1.54) is 11.1 Å². The average molecular weight is 233 g/mol. The van der Waals surface area contributed by atoms with Gasteiger partial charge in [0.05, 0.1) is 6.54 Å². The van der Waals surface area contributed by atoms with Crippen LogP contribution in [-0.4, -0.2) is 6.21 Å². The van der Waals surface area contributed by atoms with Crippen molar-refractivity contribution in [3.63, 3.8) is 0 Å². The Bertz CT molecular complexity index is 296. The van der Waals surface area contributed by atoms with Crippen LogP contribution in [0.2, 0.25) is 0 Å². The van der Waals surface area contributed by atoms with Crippen LogP contribution in [0.1, 0.15) is 11.1 Å². The molecule has 58 valence electrons. The lowest BCUT2D eigenvalue weighted by Crippen LogP contribution is -1.81. The van der Waals surface area contributed by atoms with E-state index in [0.717, 1.165) is 11.0 Å². The molecule has 1 heterocycles. The Morgan fingerprint density at radius 1 is 1.36 bits per heavy atom. The summed E-state index contributed by atoms with van der Waals surface area (Å²) in [6.07, 6.45) is 1.92. The van der Waals surface area contributed by atoms with Crippen molar-refractivity contribution >= 4 is 34.6 Å². The number of fused-ring (bicyclic) bond motifs is 1. The minimum absolute atomic E-state index is 0. The smallest absolute Gasteiger partial charge is 0.0646 e. The molecule has 2 rings (SSSR count). The van der Waals surface area contributed by atoms with Crippen LogP contribution in [0.15, 0.2) is 27.7 Å². The zero-order valence-corrected chi connectivity index (χ0v) is 8.15. The van der Waals surface area contributed by atoms with E-state index in [1.807, 2.05) is 12.3 Å². The Balaban J connectivity index is 0.000000605. The van der Waals surface area contributed by atoms with Gasteiger partial charge in [-0.25, -0.2) is 0 Å². The molecule has 1 aromatic rings. The molecule has 3 heteroatoms. The summed E-state index contributed by atoms with van der Waals surface area (Å²) in [7, 11) is 0. The Morgan fingerprint density at radius 3 is 3.00 bits per heavy atom. The molecule has 1 aliphatic rings. The number of aliphatic imine (C=N–C) groups is 1. The number of halogens is 2. The summed E-state index contributed by atoms with van der Waals surface area (Å²) in [5.41, 5.74) is 2.57. The van der Waals surface area contributed by atoms with Crippen LogP contribution < -0.4 is 0 Å². The van der Waals surface area contributed by atoms with Crippen LogP contribution >= 0.6 is 28.3 Å². The zero-order valence-electron chi connectivity index (χ0n) is 5.75. The molecule has 0 bridgehead atoms. The van der Waals surface area contributed by atoms with Gasteiger partial charge in [0, 0.05) is 10.7 Å². The quantitative estimate of drug-likeness (QED) is 0.652. The Morgan fingerprint density at radius 2 is 2.18 bits per heavy atom. The van der Waals surface area contributed by atoms with Crippen molar-refractivity contribution in [2.75, 3.05) is 0 Å². The SMILES string of the molecule is Brc1ccc2c(c1)CN=C2.Cl. The number of nitrogens with zero attached hydrogens (tertiary/aromatic N) is 1. The van der Waals surface area contributed by atoms with E-state index in [0.29, 0.717) is 0 Å². The summed E-state index contributed by atoms with van der Waals surface area (Å²) in [6.45, 7) is 0.842. The normalized spacial score (nSPS) is 12.5. The van der Waals surface area contributed by atoms with Crippen molar-refractivity contribution < 1.29 is 0 Å². The van der Waals surface area contributed by atoms with E-state index < -0.39 is 0 Å². The van der Waals surface area contributed by atoms with Crippen LogP contribution in [0.5, 0.6) is 0 Å². The van der Waals surface area contributed by atoms with E-state index in [9.17, 15) is 0 Å². The van der Waals surface area contributed by atoms with E-state index >= 15 is 0 Å². The van der Waals surface area contributed by atoms with Crippen LogP contribution in [0, 0.1) is 0 Å². The van der Waals surface area contributed by atoms with Crippen LogP contribution in [0.4, 0.5) is 0 Å². The van der Waals surface area contributed by atoms with Crippen LogP contribution in [0.25, 0.3) is 0 Å². The maximum Gasteiger partial charge on any atom is 0.0646 e. The zero-order chi connectivity index (χ0) is 6.97. The van der Waals surface area contributed by atoms with Gasteiger partial charge in [-0.2, -0.15) is 0 Å². The van der Waals surface area contributed by atoms with Gasteiger partial charge in [0.2, 0.25) is 0 Å². The molecule has 0 radical (unpaired) electrons. The number of rotatable bonds is 0. The molecule has 0 saturated heterocycles. The lowest BCUT2D eigenvalue weighted by atomic mass is 10.1. The largest absolute Gasteiger partial charge is 0.288 e. The fourth-order valence-corrected chi connectivity index (χ4v) is 1.49. The van der Waals surface area contributed by atoms with Crippen LogP contribution in [0.3, 0.4) is 0 Å². The monoisotopic (exact) mass is 231 g/mol. The summed E-state index contributed by atoms with van der Waals surface area (Å²) < 4.78 is 1.14. The van der Waals surface area contributed by atoms with Gasteiger partial charge >= 0.3 is 0 Å². The van der Waals surface area contributed by atoms with Gasteiger partial charge in [-0.15, -0.1) is 12.4 Å². The lowest BCUT2D eigenvalue weighted by Gasteiger charge is -1.95. The Labute approximate surface area is 80.1 Å². The molecule has 0 saturated carbocycles. The first-order chi connectivity index (χ1) is 4.86. The van der Waals surface area contributed by atoms with Gasteiger partial charge in [0.25, 0.3) is 0 Å². The van der Waals surface area contributed by atoms with Crippen molar-refractivity contribution in [2.24, 2.45) is 4.99 Å². The molecule has 0 amide bonds. The lowest BCUT2D eigenvalue weighted by molar-refractivity contribution is 1.11. The predicted octanol–water partition coefficient (Wildman–Crippen LogP) is 2.80. The first-order valence-electron chi connectivity index (χ1n) is 3.14. The van der Waals surface area contributed by atoms with Gasteiger partial charge in [-0.3, -0.25) is 4.99 Å². The number of hydrogen-bond donors (Lipinski definition) is 0. The van der Waals surface area contributed by atoms with E-state index in [2.05, 4.69) is 33.1 Å². The molecule has 1 aromatic carbocycles. The number of benzene rings is 1. The van der Waals surface area contributed by atoms with E-state index in [4.69, 9.17) is 0 Å². The van der Waals surface area contributed by atoms with Crippen molar-refractivity contribution in [2.45, 2.75) is 6.54 Å². The van der Waals surface area contributed by atoms with Gasteiger partial charge in [-0.1, -0.05) is 22.0 Å². The second-order valence-corrected chi connectivity index (χ2v) is 3.23. The second kappa shape index (κ2) is 3.37. The highest BCUT2D eigenvalue weighted by Gasteiger charge is 2.04. The average Bonchev–Trinajstić information content (AvgIpc) is 2.33. The Hall–Kier alpha value is -0.340. The first kappa shape index (κ1) is 8.75. The molecule has 1 aliphatic heterocycles. The van der Waals surface area contributed by atoms with Gasteiger partial charge < -0.3 is 0 Å². The highest BCUT2D eigenvalue weighted by molar-refractivity contribution is 9.10. The van der Waals surface area contributed by atoms with E-state index in [-0.39, 0.29) is 12.4 Å². The third-order valence-corrected chi connectivity index (χ3v) is 2.09. The molecule has 0 fully saturated rings. The van der Waals surface area contributed by atoms with Gasteiger partial charge in [-0.05, 0) is 23.3 Å². The molecule has 0 atom stereocenters. The highest BCUT2D eigenvalue weighted by atomic mass is 79.9. The summed E-state index contributed by atoms with van der Waals surface area (Å²) >= 11 is 3.41. The number of hydrogen-bond acceptors (Lipinski definition) is 1. The van der Waals surface area contributed by atoms with Crippen molar-refractivity contribution in [1.82, 2.24) is 0 Å². The third-order valence-electron chi connectivity index (χ3n) is 1.60. The molecule has 0 aliphatic carbocycles. The third kappa shape index (κ3) is 1.63. The fraction of sp³-hybridized carbons (Fsp3) is 0.125. The summed E-state index contributed by atoms with van der Waals surface area (Å²) in [5, 5.41) is 0. The highest BCUT2D eigenvalue weighted by Crippen LogP contribution is 2.19. The molecule has 0 unspecified atom stereocenters. The fourth-order valence-electron chi connectivity index (χ4n) is 1.08. The maximum absolute atomic E-state index is 4.15. The molecular weight excluding hydrogens is 225 g/mol. The molecule has 0 spiro atoms. The van der Waals surface area contributed by atoms with Crippen molar-refractivity contribution in [3.05, 3.63) is 33.8 Å². The summed E-state index contributed by atoms with van der Waals surface area (Å²) in [4.78, 5) is 4.15. The molecule has 1 nitrogen and oxygen atoms in total.